The first kappa shape index (κ1) is 18.9. The predicted molar refractivity (Wildman–Crippen MR) is 107 cm³/mol. The smallest absolute Gasteiger partial charge is 0.243 e. The summed E-state index contributed by atoms with van der Waals surface area (Å²) in [4.78, 5) is 2.28. The minimum atomic E-state index is -3.58. The number of anilines is 1. The number of benzene rings is 1. The Labute approximate surface area is 168 Å². The van der Waals surface area contributed by atoms with Crippen molar-refractivity contribution in [2.75, 3.05) is 31.1 Å². The zero-order valence-corrected chi connectivity index (χ0v) is 16.8. The van der Waals surface area contributed by atoms with Crippen molar-refractivity contribution in [2.45, 2.75) is 11.8 Å². The zero-order chi connectivity index (χ0) is 19.7. The van der Waals surface area contributed by atoms with Gasteiger partial charge in [0, 0.05) is 31.2 Å². The molecule has 0 aliphatic carbocycles. The molecule has 3 aromatic rings. The Kier molecular flexibility index (Phi) is 5.09. The van der Waals surface area contributed by atoms with Gasteiger partial charge < -0.3 is 9.32 Å². The molecule has 0 N–H and O–H groups in total. The number of halogens is 1. The van der Waals surface area contributed by atoms with Crippen LogP contribution in [0.25, 0.3) is 11.5 Å². The maximum atomic E-state index is 13.0. The van der Waals surface area contributed by atoms with E-state index in [-0.39, 0.29) is 4.90 Å². The topological polar surface area (TPSA) is 79.5 Å². The largest absolute Gasteiger partial charge is 0.463 e. The highest BCUT2D eigenvalue weighted by Gasteiger charge is 2.30. The van der Waals surface area contributed by atoms with Gasteiger partial charge in [-0.25, -0.2) is 8.42 Å². The highest BCUT2D eigenvalue weighted by Crippen LogP contribution is 2.25. The Morgan fingerprint density at radius 2 is 1.82 bits per heavy atom. The molecule has 28 heavy (non-hydrogen) atoms. The molecule has 0 radical (unpaired) electrons. The Morgan fingerprint density at radius 3 is 2.46 bits per heavy atom. The van der Waals surface area contributed by atoms with Crippen molar-refractivity contribution >= 4 is 27.4 Å². The summed E-state index contributed by atoms with van der Waals surface area (Å²) in [7, 11) is -3.58. The van der Waals surface area contributed by atoms with Crippen LogP contribution in [-0.2, 0) is 10.0 Å². The van der Waals surface area contributed by atoms with Crippen LogP contribution in [0.2, 0.25) is 5.02 Å². The highest BCUT2D eigenvalue weighted by atomic mass is 35.5. The SMILES string of the molecule is Cc1ccc(Cl)cc1S(=O)(=O)N1CCN(c2ccc(-c3ccco3)nn2)CC1. The molecule has 1 aliphatic heterocycles. The van der Waals surface area contributed by atoms with Gasteiger partial charge in [0.15, 0.2) is 11.6 Å². The molecule has 1 aliphatic rings. The standard InChI is InChI=1S/C19H19ClN4O3S/c1-14-4-5-15(20)13-18(14)28(25,26)24-10-8-23(9-11-24)19-7-6-16(21-22-19)17-3-2-12-27-17/h2-7,12-13H,8-11H2,1H3. The summed E-state index contributed by atoms with van der Waals surface area (Å²) in [5.41, 5.74) is 1.35. The molecule has 9 heteroatoms. The first-order valence-corrected chi connectivity index (χ1v) is 10.7. The summed E-state index contributed by atoms with van der Waals surface area (Å²) in [5.74, 6) is 1.37. The molecule has 2 aromatic heterocycles. The number of hydrogen-bond acceptors (Lipinski definition) is 6. The fourth-order valence-corrected chi connectivity index (χ4v) is 5.11. The maximum absolute atomic E-state index is 13.0. The normalized spacial score (nSPS) is 15.7. The van der Waals surface area contributed by atoms with Gasteiger partial charge in [0.25, 0.3) is 0 Å². The second-order valence-corrected chi connectivity index (χ2v) is 8.90. The van der Waals surface area contributed by atoms with E-state index in [4.69, 9.17) is 16.0 Å². The number of furan rings is 1. The molecule has 3 heterocycles. The fourth-order valence-electron chi connectivity index (χ4n) is 3.20. The van der Waals surface area contributed by atoms with Gasteiger partial charge in [-0.05, 0) is 48.9 Å². The molecule has 146 valence electrons. The summed E-state index contributed by atoms with van der Waals surface area (Å²) >= 11 is 6.00. The lowest BCUT2D eigenvalue weighted by molar-refractivity contribution is 0.383. The molecule has 0 unspecified atom stereocenters. The maximum Gasteiger partial charge on any atom is 0.243 e. The predicted octanol–water partition coefficient (Wildman–Crippen LogP) is 3.21. The van der Waals surface area contributed by atoms with Crippen molar-refractivity contribution < 1.29 is 12.8 Å². The minimum absolute atomic E-state index is 0.260. The molecule has 0 bridgehead atoms. The van der Waals surface area contributed by atoms with Crippen LogP contribution < -0.4 is 4.90 Å². The molecule has 0 saturated carbocycles. The van der Waals surface area contributed by atoms with Gasteiger partial charge in [0.05, 0.1) is 11.2 Å². The van der Waals surface area contributed by atoms with Crippen LogP contribution in [0.3, 0.4) is 0 Å². The van der Waals surface area contributed by atoms with Gasteiger partial charge in [-0.15, -0.1) is 10.2 Å². The van der Waals surface area contributed by atoms with Crippen molar-refractivity contribution in [3.05, 3.63) is 59.3 Å². The molecule has 1 saturated heterocycles. The van der Waals surface area contributed by atoms with Crippen LogP contribution in [0, 0.1) is 6.92 Å². The monoisotopic (exact) mass is 418 g/mol. The molecule has 7 nitrogen and oxygen atoms in total. The molecule has 0 amide bonds. The zero-order valence-electron chi connectivity index (χ0n) is 15.2. The third-order valence-corrected chi connectivity index (χ3v) is 7.03. The van der Waals surface area contributed by atoms with Gasteiger partial charge in [-0.3, -0.25) is 0 Å². The second kappa shape index (κ2) is 7.54. The Hall–Kier alpha value is -2.42. The van der Waals surface area contributed by atoms with Crippen LogP contribution >= 0.6 is 11.6 Å². The number of nitrogens with zero attached hydrogens (tertiary/aromatic N) is 4. The number of hydrogen-bond donors (Lipinski definition) is 0. The van der Waals surface area contributed by atoms with Crippen LogP contribution in [0.4, 0.5) is 5.82 Å². The number of aromatic nitrogens is 2. The molecular formula is C19H19ClN4O3S. The molecule has 0 atom stereocenters. The molecule has 4 rings (SSSR count). The van der Waals surface area contributed by atoms with E-state index in [2.05, 4.69) is 10.2 Å². The number of sulfonamides is 1. The van der Waals surface area contributed by atoms with Crippen LogP contribution in [-0.4, -0.2) is 49.1 Å². The Bertz CT molecular complexity index is 1060. The third kappa shape index (κ3) is 3.63. The molecule has 0 spiro atoms. The summed E-state index contributed by atoms with van der Waals surface area (Å²) in [6.07, 6.45) is 1.59. The van der Waals surface area contributed by atoms with Gasteiger partial charge >= 0.3 is 0 Å². The van der Waals surface area contributed by atoms with Crippen LogP contribution in [0.15, 0.2) is 58.0 Å². The summed E-state index contributed by atoms with van der Waals surface area (Å²) in [6, 6.07) is 12.3. The fraction of sp³-hybridized carbons (Fsp3) is 0.263. The summed E-state index contributed by atoms with van der Waals surface area (Å²) in [5, 5.41) is 8.87. The summed E-state index contributed by atoms with van der Waals surface area (Å²) in [6.45, 7) is 3.59. The minimum Gasteiger partial charge on any atom is -0.463 e. The van der Waals surface area contributed by atoms with Crippen molar-refractivity contribution in [2.24, 2.45) is 0 Å². The Balaban J connectivity index is 1.46. The molecule has 1 aromatic carbocycles. The van der Waals surface area contributed by atoms with Crippen LogP contribution in [0.5, 0.6) is 0 Å². The lowest BCUT2D eigenvalue weighted by Gasteiger charge is -2.34. The van der Waals surface area contributed by atoms with Gasteiger partial charge in [-0.1, -0.05) is 17.7 Å². The average Bonchev–Trinajstić information content (AvgIpc) is 3.25. The van der Waals surface area contributed by atoms with Gasteiger partial charge in [0.1, 0.15) is 5.69 Å². The highest BCUT2D eigenvalue weighted by molar-refractivity contribution is 7.89. The van der Waals surface area contributed by atoms with Crippen molar-refractivity contribution in [3.8, 4) is 11.5 Å². The van der Waals surface area contributed by atoms with E-state index in [9.17, 15) is 8.42 Å². The van der Waals surface area contributed by atoms with E-state index in [1.165, 1.54) is 10.4 Å². The van der Waals surface area contributed by atoms with E-state index < -0.39 is 10.0 Å². The van der Waals surface area contributed by atoms with Crippen molar-refractivity contribution in [1.29, 1.82) is 0 Å². The lowest BCUT2D eigenvalue weighted by Crippen LogP contribution is -2.49. The first-order chi connectivity index (χ1) is 13.4. The van der Waals surface area contributed by atoms with E-state index in [1.807, 2.05) is 23.1 Å². The second-order valence-electron chi connectivity index (χ2n) is 6.56. The van der Waals surface area contributed by atoms with Crippen LogP contribution in [0.1, 0.15) is 5.56 Å². The van der Waals surface area contributed by atoms with E-state index in [1.54, 1.807) is 31.4 Å². The number of aryl methyl sites for hydroxylation is 1. The summed E-state index contributed by atoms with van der Waals surface area (Å²) < 4.78 is 32.8. The third-order valence-electron chi connectivity index (χ3n) is 4.75. The van der Waals surface area contributed by atoms with Gasteiger partial charge in [0.2, 0.25) is 10.0 Å². The van der Waals surface area contributed by atoms with E-state index in [0.29, 0.717) is 54.0 Å². The lowest BCUT2D eigenvalue weighted by atomic mass is 10.2. The first-order valence-electron chi connectivity index (χ1n) is 8.84. The molecule has 1 fully saturated rings. The number of rotatable bonds is 4. The number of piperazine rings is 1. The average molecular weight is 419 g/mol. The van der Waals surface area contributed by atoms with Gasteiger partial charge in [-0.2, -0.15) is 4.31 Å². The van der Waals surface area contributed by atoms with Crippen molar-refractivity contribution in [3.63, 3.8) is 0 Å². The quantitative estimate of drug-likeness (QED) is 0.647. The molecular weight excluding hydrogens is 400 g/mol. The van der Waals surface area contributed by atoms with E-state index in [0.717, 1.165) is 0 Å². The van der Waals surface area contributed by atoms with E-state index >= 15 is 0 Å². The Morgan fingerprint density at radius 1 is 1.04 bits per heavy atom. The van der Waals surface area contributed by atoms with Crippen molar-refractivity contribution in [1.82, 2.24) is 14.5 Å².